The first-order valence-corrected chi connectivity index (χ1v) is 8.47. The lowest BCUT2D eigenvalue weighted by Gasteiger charge is -2.21. The predicted molar refractivity (Wildman–Crippen MR) is 92.5 cm³/mol. The fourth-order valence-electron chi connectivity index (χ4n) is 2.56. The van der Waals surface area contributed by atoms with Gasteiger partial charge in [0, 0.05) is 23.6 Å². The lowest BCUT2D eigenvalue weighted by molar-refractivity contribution is -0.136. The monoisotopic (exact) mass is 382 g/mol. The van der Waals surface area contributed by atoms with E-state index in [2.05, 4.69) is 32.1 Å². The molecule has 1 aromatic rings. The molecule has 3 N–H and O–H groups in total. The lowest BCUT2D eigenvalue weighted by Crippen LogP contribution is -2.47. The average molecular weight is 383 g/mol. The first kappa shape index (κ1) is 17.9. The van der Waals surface area contributed by atoms with Gasteiger partial charge in [0.25, 0.3) is 0 Å². The van der Waals surface area contributed by atoms with Crippen LogP contribution in [0.2, 0.25) is 0 Å². The van der Waals surface area contributed by atoms with Crippen LogP contribution in [0.25, 0.3) is 0 Å². The SMILES string of the molecule is CC(C)NC(=O)CN(C)C(=O)C1CC(c2ccc(Br)cc2)NN1. The van der Waals surface area contributed by atoms with Gasteiger partial charge in [-0.05, 0) is 38.0 Å². The van der Waals surface area contributed by atoms with Crippen LogP contribution in [-0.2, 0) is 9.59 Å². The Balaban J connectivity index is 1.89. The van der Waals surface area contributed by atoms with Crippen LogP contribution in [0.4, 0.5) is 0 Å². The molecule has 2 rings (SSSR count). The highest BCUT2D eigenvalue weighted by atomic mass is 79.9. The molecule has 2 amide bonds. The van der Waals surface area contributed by atoms with E-state index in [1.807, 2.05) is 38.1 Å². The zero-order chi connectivity index (χ0) is 17.0. The largest absolute Gasteiger partial charge is 0.352 e. The average Bonchev–Trinajstić information content (AvgIpc) is 2.95. The van der Waals surface area contributed by atoms with Crippen molar-refractivity contribution in [2.24, 2.45) is 0 Å². The summed E-state index contributed by atoms with van der Waals surface area (Å²) < 4.78 is 1.02. The van der Waals surface area contributed by atoms with Gasteiger partial charge in [-0.15, -0.1) is 0 Å². The van der Waals surface area contributed by atoms with Crippen molar-refractivity contribution in [2.75, 3.05) is 13.6 Å². The summed E-state index contributed by atoms with van der Waals surface area (Å²) in [5, 5.41) is 2.79. The Morgan fingerprint density at radius 1 is 1.30 bits per heavy atom. The van der Waals surface area contributed by atoms with Gasteiger partial charge in [-0.25, -0.2) is 10.9 Å². The Bertz CT molecular complexity index is 562. The maximum Gasteiger partial charge on any atom is 0.241 e. The van der Waals surface area contributed by atoms with Crippen LogP contribution in [-0.4, -0.2) is 42.4 Å². The van der Waals surface area contributed by atoms with Gasteiger partial charge in [0.05, 0.1) is 6.54 Å². The molecule has 1 aliphatic heterocycles. The smallest absolute Gasteiger partial charge is 0.241 e. The minimum atomic E-state index is -0.333. The van der Waals surface area contributed by atoms with E-state index >= 15 is 0 Å². The quantitative estimate of drug-likeness (QED) is 0.718. The summed E-state index contributed by atoms with van der Waals surface area (Å²) >= 11 is 3.41. The molecule has 1 saturated heterocycles. The van der Waals surface area contributed by atoms with Crippen LogP contribution in [0.1, 0.15) is 31.9 Å². The van der Waals surface area contributed by atoms with E-state index in [-0.39, 0.29) is 36.5 Å². The second-order valence-corrected chi connectivity index (χ2v) is 7.01. The molecule has 0 aliphatic carbocycles. The number of carbonyl (C=O) groups excluding carboxylic acids is 2. The van der Waals surface area contributed by atoms with Crippen molar-refractivity contribution in [2.45, 2.75) is 38.4 Å². The van der Waals surface area contributed by atoms with Crippen LogP contribution in [0.5, 0.6) is 0 Å². The molecule has 0 aromatic heterocycles. The van der Waals surface area contributed by atoms with E-state index in [9.17, 15) is 9.59 Å². The van der Waals surface area contributed by atoms with Gasteiger partial charge >= 0.3 is 0 Å². The van der Waals surface area contributed by atoms with Gasteiger partial charge in [0.15, 0.2) is 0 Å². The van der Waals surface area contributed by atoms with Crippen molar-refractivity contribution < 1.29 is 9.59 Å². The predicted octanol–water partition coefficient (Wildman–Crippen LogP) is 1.34. The van der Waals surface area contributed by atoms with E-state index in [4.69, 9.17) is 0 Å². The zero-order valence-corrected chi connectivity index (χ0v) is 15.2. The van der Waals surface area contributed by atoms with Crippen molar-refractivity contribution in [1.82, 2.24) is 21.1 Å². The summed E-state index contributed by atoms with van der Waals surface area (Å²) in [6.07, 6.45) is 0.649. The van der Waals surface area contributed by atoms with E-state index < -0.39 is 0 Å². The van der Waals surface area contributed by atoms with Crippen molar-refractivity contribution in [3.63, 3.8) is 0 Å². The highest BCUT2D eigenvalue weighted by Gasteiger charge is 2.32. The number of amides is 2. The van der Waals surface area contributed by atoms with Crippen LogP contribution >= 0.6 is 15.9 Å². The van der Waals surface area contributed by atoms with Crippen molar-refractivity contribution in [1.29, 1.82) is 0 Å². The number of nitrogens with zero attached hydrogens (tertiary/aromatic N) is 1. The minimum absolute atomic E-state index is 0.0676. The van der Waals surface area contributed by atoms with Gasteiger partial charge in [0.1, 0.15) is 6.04 Å². The second-order valence-electron chi connectivity index (χ2n) is 6.10. The summed E-state index contributed by atoms with van der Waals surface area (Å²) in [5.74, 6) is -0.234. The van der Waals surface area contributed by atoms with E-state index in [1.165, 1.54) is 4.90 Å². The Morgan fingerprint density at radius 3 is 2.57 bits per heavy atom. The summed E-state index contributed by atoms with van der Waals surface area (Å²) in [5.41, 5.74) is 7.30. The van der Waals surface area contributed by atoms with Crippen LogP contribution in [0.3, 0.4) is 0 Å². The van der Waals surface area contributed by atoms with Gasteiger partial charge in [-0.1, -0.05) is 28.1 Å². The van der Waals surface area contributed by atoms with Crippen molar-refractivity contribution in [3.05, 3.63) is 34.3 Å². The van der Waals surface area contributed by atoms with E-state index in [1.54, 1.807) is 7.05 Å². The molecule has 0 radical (unpaired) electrons. The summed E-state index contributed by atoms with van der Waals surface area (Å²) in [6.45, 7) is 3.86. The zero-order valence-electron chi connectivity index (χ0n) is 13.6. The molecule has 1 heterocycles. The Morgan fingerprint density at radius 2 is 1.96 bits per heavy atom. The molecular formula is C16H23BrN4O2. The molecule has 0 bridgehead atoms. The lowest BCUT2D eigenvalue weighted by atomic mass is 10.0. The Kier molecular flexibility index (Phi) is 6.15. The number of hydrazine groups is 1. The van der Waals surface area contributed by atoms with Crippen LogP contribution < -0.4 is 16.2 Å². The van der Waals surface area contributed by atoms with Crippen LogP contribution in [0, 0.1) is 0 Å². The molecule has 126 valence electrons. The summed E-state index contributed by atoms with van der Waals surface area (Å²) in [7, 11) is 1.65. The molecule has 1 aromatic carbocycles. The second kappa shape index (κ2) is 7.90. The molecular weight excluding hydrogens is 360 g/mol. The molecule has 7 heteroatoms. The number of hydrogen-bond acceptors (Lipinski definition) is 4. The molecule has 1 aliphatic rings. The normalized spacial score (nSPS) is 20.6. The number of benzene rings is 1. The van der Waals surface area contributed by atoms with Crippen molar-refractivity contribution in [3.8, 4) is 0 Å². The third kappa shape index (κ3) is 5.02. The third-order valence-electron chi connectivity index (χ3n) is 3.68. The number of hydrogen-bond donors (Lipinski definition) is 3. The topological polar surface area (TPSA) is 73.5 Å². The Hall–Kier alpha value is -1.44. The number of likely N-dealkylation sites (N-methyl/N-ethyl adjacent to an activating group) is 1. The first-order chi connectivity index (χ1) is 10.9. The molecule has 6 nitrogen and oxygen atoms in total. The molecule has 23 heavy (non-hydrogen) atoms. The molecule has 0 saturated carbocycles. The molecule has 2 unspecified atom stereocenters. The molecule has 1 fully saturated rings. The standard InChI is InChI=1S/C16H23BrN4O2/c1-10(2)18-15(22)9-21(3)16(23)14-8-13(19-20-14)11-4-6-12(17)7-5-11/h4-7,10,13-14,19-20H,8-9H2,1-3H3,(H,18,22). The summed E-state index contributed by atoms with van der Waals surface area (Å²) in [6, 6.07) is 7.82. The highest BCUT2D eigenvalue weighted by molar-refractivity contribution is 9.10. The maximum atomic E-state index is 12.4. The minimum Gasteiger partial charge on any atom is -0.352 e. The van der Waals surface area contributed by atoms with Gasteiger partial charge in [-0.3, -0.25) is 9.59 Å². The van der Waals surface area contributed by atoms with Gasteiger partial charge < -0.3 is 10.2 Å². The van der Waals surface area contributed by atoms with Gasteiger partial charge in [-0.2, -0.15) is 0 Å². The number of nitrogens with one attached hydrogen (secondary N) is 3. The van der Waals surface area contributed by atoms with E-state index in [0.29, 0.717) is 6.42 Å². The van der Waals surface area contributed by atoms with E-state index in [0.717, 1.165) is 10.0 Å². The molecule has 0 spiro atoms. The summed E-state index contributed by atoms with van der Waals surface area (Å²) in [4.78, 5) is 25.6. The van der Waals surface area contributed by atoms with Gasteiger partial charge in [0.2, 0.25) is 11.8 Å². The fourth-order valence-corrected chi connectivity index (χ4v) is 2.82. The number of rotatable bonds is 5. The van der Waals surface area contributed by atoms with Crippen molar-refractivity contribution >= 4 is 27.7 Å². The fraction of sp³-hybridized carbons (Fsp3) is 0.500. The maximum absolute atomic E-state index is 12.4. The highest BCUT2D eigenvalue weighted by Crippen LogP contribution is 2.24. The first-order valence-electron chi connectivity index (χ1n) is 7.67. The molecule has 2 atom stereocenters. The van der Waals surface area contributed by atoms with Crippen LogP contribution in [0.15, 0.2) is 28.7 Å². The number of halogens is 1. The number of carbonyl (C=O) groups is 2. The Labute approximate surface area is 145 Å². The third-order valence-corrected chi connectivity index (χ3v) is 4.21.